The average molecular weight is 254 g/mol. The third-order valence-electron chi connectivity index (χ3n) is 1.82. The minimum Gasteiger partial charge on any atom is -0.478 e. The quantitative estimate of drug-likeness (QED) is 0.901. The molecule has 0 unspecified atom stereocenters. The van der Waals surface area contributed by atoms with Crippen LogP contribution >= 0.6 is 15.9 Å². The van der Waals surface area contributed by atoms with Crippen LogP contribution in [0.5, 0.6) is 0 Å². The van der Waals surface area contributed by atoms with Crippen molar-refractivity contribution in [1.82, 2.24) is 0 Å². The lowest BCUT2D eigenvalue weighted by atomic mass is 10.0. The molecule has 1 aromatic carbocycles. The maximum absolute atomic E-state index is 10.9. The van der Waals surface area contributed by atoms with Crippen molar-refractivity contribution in [1.29, 1.82) is 5.26 Å². The van der Waals surface area contributed by atoms with Crippen molar-refractivity contribution in [2.24, 2.45) is 0 Å². The number of halogens is 1. The van der Waals surface area contributed by atoms with E-state index in [1.807, 2.05) is 6.07 Å². The minimum absolute atomic E-state index is 0.253. The summed E-state index contributed by atoms with van der Waals surface area (Å²) in [6.45, 7) is 0. The molecule has 0 aliphatic rings. The van der Waals surface area contributed by atoms with Crippen LogP contribution in [0.1, 0.15) is 22.3 Å². The zero-order valence-electron chi connectivity index (χ0n) is 7.33. The van der Waals surface area contributed by atoms with E-state index in [9.17, 15) is 4.79 Å². The fraction of sp³-hybridized carbons (Fsp3) is 0.200. The Morgan fingerprint density at radius 3 is 2.86 bits per heavy atom. The van der Waals surface area contributed by atoms with E-state index in [1.165, 1.54) is 0 Å². The number of aryl methyl sites for hydroxylation is 1. The fourth-order valence-electron chi connectivity index (χ4n) is 1.21. The van der Waals surface area contributed by atoms with Gasteiger partial charge in [-0.15, -0.1) is 0 Å². The number of hydrogen-bond acceptors (Lipinski definition) is 2. The lowest BCUT2D eigenvalue weighted by Crippen LogP contribution is -2.03. The highest BCUT2D eigenvalue weighted by molar-refractivity contribution is 9.10. The Kier molecular flexibility index (Phi) is 3.66. The van der Waals surface area contributed by atoms with Gasteiger partial charge in [0.2, 0.25) is 0 Å². The lowest BCUT2D eigenvalue weighted by Gasteiger charge is -2.05. The Bertz CT molecular complexity index is 396. The van der Waals surface area contributed by atoms with Gasteiger partial charge in [0, 0.05) is 10.9 Å². The number of nitriles is 1. The molecule has 14 heavy (non-hydrogen) atoms. The molecule has 0 heterocycles. The molecule has 0 spiro atoms. The highest BCUT2D eigenvalue weighted by Crippen LogP contribution is 2.21. The van der Waals surface area contributed by atoms with Gasteiger partial charge in [-0.05, 0) is 34.0 Å². The molecule has 72 valence electrons. The van der Waals surface area contributed by atoms with Crippen LogP contribution < -0.4 is 0 Å². The van der Waals surface area contributed by atoms with Crippen LogP contribution in [0.25, 0.3) is 0 Å². The average Bonchev–Trinajstić information content (AvgIpc) is 2.14. The summed E-state index contributed by atoms with van der Waals surface area (Å²) >= 11 is 3.18. The molecule has 4 heteroatoms. The zero-order valence-corrected chi connectivity index (χ0v) is 8.91. The molecule has 0 fully saturated rings. The molecule has 1 rings (SSSR count). The second-order valence-electron chi connectivity index (χ2n) is 2.74. The highest BCUT2D eigenvalue weighted by Gasteiger charge is 2.12. The Labute approximate surface area is 90.1 Å². The number of hydrogen-bond donors (Lipinski definition) is 1. The maximum Gasteiger partial charge on any atom is 0.337 e. The molecule has 0 bridgehead atoms. The zero-order chi connectivity index (χ0) is 10.6. The van der Waals surface area contributed by atoms with Gasteiger partial charge in [0.25, 0.3) is 0 Å². The smallest absolute Gasteiger partial charge is 0.337 e. The molecule has 0 radical (unpaired) electrons. The number of rotatable bonds is 3. The molecular formula is C10H8BrNO2. The first-order valence-electron chi connectivity index (χ1n) is 4.04. The van der Waals surface area contributed by atoms with Crippen molar-refractivity contribution in [2.75, 3.05) is 0 Å². The third kappa shape index (κ3) is 2.33. The molecule has 3 nitrogen and oxygen atoms in total. The maximum atomic E-state index is 10.9. The van der Waals surface area contributed by atoms with Crippen molar-refractivity contribution in [3.8, 4) is 6.07 Å². The van der Waals surface area contributed by atoms with Gasteiger partial charge in [-0.3, -0.25) is 0 Å². The predicted molar refractivity (Wildman–Crippen MR) is 55.0 cm³/mol. The SMILES string of the molecule is N#CCCc1cccc(Br)c1C(=O)O. The van der Waals surface area contributed by atoms with Gasteiger partial charge in [-0.25, -0.2) is 4.79 Å². The fourth-order valence-corrected chi connectivity index (χ4v) is 1.78. The molecule has 0 saturated heterocycles. The van der Waals surface area contributed by atoms with Crippen molar-refractivity contribution in [3.05, 3.63) is 33.8 Å². The first-order valence-corrected chi connectivity index (χ1v) is 4.83. The van der Waals surface area contributed by atoms with E-state index in [2.05, 4.69) is 15.9 Å². The first kappa shape index (κ1) is 10.7. The number of benzene rings is 1. The summed E-state index contributed by atoms with van der Waals surface area (Å²) in [5.74, 6) is -0.967. The largest absolute Gasteiger partial charge is 0.478 e. The second kappa shape index (κ2) is 4.77. The van der Waals surface area contributed by atoms with Crippen LogP contribution in [-0.2, 0) is 6.42 Å². The predicted octanol–water partition coefficient (Wildman–Crippen LogP) is 2.60. The summed E-state index contributed by atoms with van der Waals surface area (Å²) < 4.78 is 0.556. The summed E-state index contributed by atoms with van der Waals surface area (Å²) in [5, 5.41) is 17.4. The van der Waals surface area contributed by atoms with Gasteiger partial charge in [-0.2, -0.15) is 5.26 Å². The molecule has 0 aliphatic heterocycles. The summed E-state index contributed by atoms with van der Waals surface area (Å²) in [4.78, 5) is 10.9. The molecule has 0 amide bonds. The van der Waals surface area contributed by atoms with Crippen LogP contribution in [0.15, 0.2) is 22.7 Å². The third-order valence-corrected chi connectivity index (χ3v) is 2.48. The van der Waals surface area contributed by atoms with Gasteiger partial charge in [-0.1, -0.05) is 12.1 Å². The normalized spacial score (nSPS) is 9.43. The summed E-state index contributed by atoms with van der Waals surface area (Å²) in [5.41, 5.74) is 0.941. The summed E-state index contributed by atoms with van der Waals surface area (Å²) in [6, 6.07) is 7.17. The Morgan fingerprint density at radius 1 is 1.57 bits per heavy atom. The number of carboxylic acid groups (broad SMARTS) is 1. The molecule has 0 aliphatic carbocycles. The van der Waals surface area contributed by atoms with E-state index in [0.29, 0.717) is 22.9 Å². The second-order valence-corrected chi connectivity index (χ2v) is 3.59. The van der Waals surface area contributed by atoms with Crippen molar-refractivity contribution in [3.63, 3.8) is 0 Å². The van der Waals surface area contributed by atoms with Gasteiger partial charge in [0.15, 0.2) is 0 Å². The van der Waals surface area contributed by atoms with E-state index < -0.39 is 5.97 Å². The summed E-state index contributed by atoms with van der Waals surface area (Å²) in [7, 11) is 0. The van der Waals surface area contributed by atoms with Crippen LogP contribution in [-0.4, -0.2) is 11.1 Å². The Balaban J connectivity index is 3.09. The van der Waals surface area contributed by atoms with Crippen LogP contribution in [0, 0.1) is 11.3 Å². The van der Waals surface area contributed by atoms with Crippen molar-refractivity contribution < 1.29 is 9.90 Å². The van der Waals surface area contributed by atoms with E-state index in [4.69, 9.17) is 10.4 Å². The van der Waals surface area contributed by atoms with E-state index >= 15 is 0 Å². The van der Waals surface area contributed by atoms with Crippen LogP contribution in [0.4, 0.5) is 0 Å². The number of carboxylic acids is 1. The lowest BCUT2D eigenvalue weighted by molar-refractivity contribution is 0.0694. The molecular weight excluding hydrogens is 246 g/mol. The van der Waals surface area contributed by atoms with Gasteiger partial charge in [0.1, 0.15) is 0 Å². The summed E-state index contributed by atoms with van der Waals surface area (Å²) in [6.07, 6.45) is 0.800. The topological polar surface area (TPSA) is 61.1 Å². The Hall–Kier alpha value is -1.34. The van der Waals surface area contributed by atoms with E-state index in [-0.39, 0.29) is 5.56 Å². The Morgan fingerprint density at radius 2 is 2.29 bits per heavy atom. The standard InChI is InChI=1S/C10H8BrNO2/c11-8-5-1-3-7(4-2-6-12)9(8)10(13)14/h1,3,5H,2,4H2,(H,13,14). The highest BCUT2D eigenvalue weighted by atomic mass is 79.9. The van der Waals surface area contributed by atoms with Gasteiger partial charge < -0.3 is 5.11 Å². The van der Waals surface area contributed by atoms with E-state index in [0.717, 1.165) is 0 Å². The van der Waals surface area contributed by atoms with Crippen LogP contribution in [0.3, 0.4) is 0 Å². The molecule has 0 aromatic heterocycles. The molecule has 0 saturated carbocycles. The van der Waals surface area contributed by atoms with Crippen molar-refractivity contribution in [2.45, 2.75) is 12.8 Å². The van der Waals surface area contributed by atoms with Gasteiger partial charge in [0.05, 0.1) is 11.6 Å². The van der Waals surface area contributed by atoms with Crippen LogP contribution in [0.2, 0.25) is 0 Å². The van der Waals surface area contributed by atoms with Gasteiger partial charge >= 0.3 is 5.97 Å². The van der Waals surface area contributed by atoms with Crippen molar-refractivity contribution >= 4 is 21.9 Å². The molecule has 1 aromatic rings. The number of nitrogens with zero attached hydrogens (tertiary/aromatic N) is 1. The first-order chi connectivity index (χ1) is 6.66. The number of aromatic carboxylic acids is 1. The van der Waals surface area contributed by atoms with E-state index in [1.54, 1.807) is 18.2 Å². The minimum atomic E-state index is -0.967. The number of carbonyl (C=O) groups is 1. The monoisotopic (exact) mass is 253 g/mol. The molecule has 1 N–H and O–H groups in total. The molecule has 0 atom stereocenters.